The molecule has 0 bridgehead atoms. The number of oxime groups is 1. The normalized spacial score (nSPS) is 14.3. The van der Waals surface area contributed by atoms with Gasteiger partial charge in [0, 0.05) is 5.41 Å². The molecule has 18 heavy (non-hydrogen) atoms. The highest BCUT2D eigenvalue weighted by atomic mass is 16.4. The SMILES string of the molecule is CC=CCCC=CCCC=C(C)C(C)(C)C=NO. The van der Waals surface area contributed by atoms with E-state index in [1.165, 1.54) is 5.57 Å². The molecule has 0 atom stereocenters. The van der Waals surface area contributed by atoms with Crippen LogP contribution in [0.2, 0.25) is 0 Å². The van der Waals surface area contributed by atoms with Crippen molar-refractivity contribution in [3.63, 3.8) is 0 Å². The van der Waals surface area contributed by atoms with Crippen LogP contribution in [0.15, 0.2) is 41.1 Å². The van der Waals surface area contributed by atoms with Crippen molar-refractivity contribution in [1.29, 1.82) is 0 Å². The maximum atomic E-state index is 8.59. The Labute approximate surface area is 112 Å². The second-order valence-electron chi connectivity index (χ2n) is 5.05. The molecular formula is C16H27NO. The summed E-state index contributed by atoms with van der Waals surface area (Å²) in [5.74, 6) is 0. The maximum absolute atomic E-state index is 8.59. The zero-order valence-electron chi connectivity index (χ0n) is 12.2. The second kappa shape index (κ2) is 9.69. The molecule has 0 saturated carbocycles. The fourth-order valence-electron chi connectivity index (χ4n) is 1.50. The molecule has 0 fully saturated rings. The van der Waals surface area contributed by atoms with Gasteiger partial charge in [-0.15, -0.1) is 5.16 Å². The van der Waals surface area contributed by atoms with Gasteiger partial charge >= 0.3 is 0 Å². The highest BCUT2D eigenvalue weighted by Gasteiger charge is 2.16. The monoisotopic (exact) mass is 249 g/mol. The highest BCUT2D eigenvalue weighted by Crippen LogP contribution is 2.23. The van der Waals surface area contributed by atoms with Crippen molar-refractivity contribution in [2.75, 3.05) is 0 Å². The van der Waals surface area contributed by atoms with E-state index < -0.39 is 0 Å². The molecule has 0 amide bonds. The van der Waals surface area contributed by atoms with Crippen molar-refractivity contribution in [1.82, 2.24) is 0 Å². The molecule has 0 aromatic carbocycles. The fraction of sp³-hybridized carbons (Fsp3) is 0.562. The minimum absolute atomic E-state index is 0.162. The first-order chi connectivity index (χ1) is 8.54. The molecule has 0 aromatic heterocycles. The van der Waals surface area contributed by atoms with Crippen molar-refractivity contribution in [3.8, 4) is 0 Å². The van der Waals surface area contributed by atoms with Crippen LogP contribution in [-0.4, -0.2) is 11.4 Å². The molecule has 1 N–H and O–H groups in total. The van der Waals surface area contributed by atoms with Crippen LogP contribution < -0.4 is 0 Å². The minimum atomic E-state index is -0.162. The van der Waals surface area contributed by atoms with E-state index in [9.17, 15) is 0 Å². The van der Waals surface area contributed by atoms with Crippen molar-refractivity contribution in [3.05, 3.63) is 36.0 Å². The summed E-state index contributed by atoms with van der Waals surface area (Å²) in [5.41, 5.74) is 1.08. The van der Waals surface area contributed by atoms with E-state index in [-0.39, 0.29) is 5.41 Å². The maximum Gasteiger partial charge on any atom is 0.0532 e. The average Bonchev–Trinajstić information content (AvgIpc) is 2.32. The molecule has 0 aliphatic carbocycles. The van der Waals surface area contributed by atoms with Crippen LogP contribution in [0.5, 0.6) is 0 Å². The number of hydrogen-bond donors (Lipinski definition) is 1. The van der Waals surface area contributed by atoms with Gasteiger partial charge in [-0.3, -0.25) is 0 Å². The van der Waals surface area contributed by atoms with Gasteiger partial charge in [-0.1, -0.05) is 49.8 Å². The first kappa shape index (κ1) is 16.7. The van der Waals surface area contributed by atoms with Crippen LogP contribution in [0.25, 0.3) is 0 Å². The van der Waals surface area contributed by atoms with E-state index >= 15 is 0 Å². The van der Waals surface area contributed by atoms with E-state index in [0.29, 0.717) is 0 Å². The predicted octanol–water partition coefficient (Wildman–Crippen LogP) is 5.11. The fourth-order valence-corrected chi connectivity index (χ4v) is 1.50. The molecule has 0 spiro atoms. The molecule has 0 saturated heterocycles. The smallest absolute Gasteiger partial charge is 0.0532 e. The van der Waals surface area contributed by atoms with Crippen LogP contribution >= 0.6 is 0 Å². The van der Waals surface area contributed by atoms with Gasteiger partial charge in [0.05, 0.1) is 6.21 Å². The van der Waals surface area contributed by atoms with Crippen molar-refractivity contribution >= 4 is 6.21 Å². The first-order valence-corrected chi connectivity index (χ1v) is 6.66. The summed E-state index contributed by atoms with van der Waals surface area (Å²) in [5, 5.41) is 11.7. The van der Waals surface area contributed by atoms with E-state index in [2.05, 4.69) is 49.4 Å². The van der Waals surface area contributed by atoms with Crippen molar-refractivity contribution in [2.45, 2.75) is 53.4 Å². The van der Waals surface area contributed by atoms with Gasteiger partial charge < -0.3 is 5.21 Å². The Hall–Kier alpha value is -1.31. The number of allylic oxidation sites excluding steroid dienone is 6. The molecule has 2 heteroatoms. The summed E-state index contributed by atoms with van der Waals surface area (Å²) < 4.78 is 0. The van der Waals surface area contributed by atoms with Crippen LogP contribution in [-0.2, 0) is 0 Å². The number of hydrogen-bond acceptors (Lipinski definition) is 2. The van der Waals surface area contributed by atoms with Crippen LogP contribution in [0.1, 0.15) is 53.4 Å². The summed E-state index contributed by atoms with van der Waals surface area (Å²) in [6, 6.07) is 0. The quantitative estimate of drug-likeness (QED) is 0.209. The third kappa shape index (κ3) is 7.88. The molecule has 0 radical (unpaired) electrons. The van der Waals surface area contributed by atoms with Gasteiger partial charge in [0.2, 0.25) is 0 Å². The molecule has 0 rings (SSSR count). The Bertz CT molecular complexity index is 322. The van der Waals surface area contributed by atoms with Crippen molar-refractivity contribution < 1.29 is 5.21 Å². The lowest BCUT2D eigenvalue weighted by Crippen LogP contribution is -2.14. The summed E-state index contributed by atoms with van der Waals surface area (Å²) in [7, 11) is 0. The third-order valence-corrected chi connectivity index (χ3v) is 3.08. The highest BCUT2D eigenvalue weighted by molar-refractivity contribution is 5.68. The molecule has 0 aliphatic heterocycles. The topological polar surface area (TPSA) is 32.6 Å². The Balaban J connectivity index is 3.95. The van der Waals surface area contributed by atoms with E-state index in [1.54, 1.807) is 6.21 Å². The Kier molecular flexibility index (Phi) is 8.99. The largest absolute Gasteiger partial charge is 0.411 e. The van der Waals surface area contributed by atoms with Crippen LogP contribution in [0, 0.1) is 5.41 Å². The van der Waals surface area contributed by atoms with Gasteiger partial charge in [0.25, 0.3) is 0 Å². The summed E-state index contributed by atoms with van der Waals surface area (Å²) >= 11 is 0. The predicted molar refractivity (Wildman–Crippen MR) is 80.2 cm³/mol. The lowest BCUT2D eigenvalue weighted by atomic mass is 9.86. The Morgan fingerprint density at radius 1 is 1.06 bits per heavy atom. The molecular weight excluding hydrogens is 222 g/mol. The molecule has 2 nitrogen and oxygen atoms in total. The Morgan fingerprint density at radius 2 is 1.61 bits per heavy atom. The molecule has 0 unspecified atom stereocenters. The summed E-state index contributed by atoms with van der Waals surface area (Å²) in [6.07, 6.45) is 16.9. The molecule has 102 valence electrons. The van der Waals surface area contributed by atoms with Crippen molar-refractivity contribution in [2.24, 2.45) is 10.6 Å². The van der Waals surface area contributed by atoms with Crippen LogP contribution in [0.3, 0.4) is 0 Å². The van der Waals surface area contributed by atoms with E-state index in [1.807, 2.05) is 13.8 Å². The zero-order chi connectivity index (χ0) is 13.9. The lowest BCUT2D eigenvalue weighted by molar-refractivity contribution is 0.316. The van der Waals surface area contributed by atoms with Gasteiger partial charge in [0.15, 0.2) is 0 Å². The summed E-state index contributed by atoms with van der Waals surface area (Å²) in [6.45, 7) is 8.23. The number of rotatable bonds is 8. The number of nitrogens with zero attached hydrogens (tertiary/aromatic N) is 1. The van der Waals surface area contributed by atoms with Crippen LogP contribution in [0.4, 0.5) is 0 Å². The first-order valence-electron chi connectivity index (χ1n) is 6.66. The average molecular weight is 249 g/mol. The standard InChI is InChI=1S/C16H27NO/c1-5-6-7-8-9-10-11-12-13-15(2)16(3,4)14-17-18/h5-6,9-10,13-14,18H,7-8,11-12H2,1-4H3. The third-order valence-electron chi connectivity index (χ3n) is 3.08. The van der Waals surface area contributed by atoms with E-state index in [4.69, 9.17) is 5.21 Å². The second-order valence-corrected chi connectivity index (χ2v) is 5.05. The van der Waals surface area contributed by atoms with Gasteiger partial charge in [-0.05, 0) is 39.5 Å². The Morgan fingerprint density at radius 3 is 2.17 bits per heavy atom. The van der Waals surface area contributed by atoms with E-state index in [0.717, 1.165) is 25.7 Å². The molecule has 0 aromatic rings. The lowest BCUT2D eigenvalue weighted by Gasteiger charge is -2.19. The van der Waals surface area contributed by atoms with Gasteiger partial charge in [-0.2, -0.15) is 0 Å². The zero-order valence-corrected chi connectivity index (χ0v) is 12.2. The molecule has 0 heterocycles. The van der Waals surface area contributed by atoms with Gasteiger partial charge in [0.1, 0.15) is 0 Å². The minimum Gasteiger partial charge on any atom is -0.411 e. The summed E-state index contributed by atoms with van der Waals surface area (Å²) in [4.78, 5) is 0. The number of unbranched alkanes of at least 4 members (excludes halogenated alkanes) is 2. The molecule has 0 aliphatic rings. The van der Waals surface area contributed by atoms with Gasteiger partial charge in [-0.25, -0.2) is 0 Å².